The van der Waals surface area contributed by atoms with Gasteiger partial charge in [0.1, 0.15) is 11.4 Å². The van der Waals surface area contributed by atoms with Gasteiger partial charge in [0.15, 0.2) is 5.43 Å². The van der Waals surface area contributed by atoms with Gasteiger partial charge in [0.05, 0.1) is 17.0 Å². The summed E-state index contributed by atoms with van der Waals surface area (Å²) in [6.45, 7) is 6.21. The van der Waals surface area contributed by atoms with Crippen LogP contribution in [-0.2, 0) is 13.0 Å². The van der Waals surface area contributed by atoms with Crippen LogP contribution in [0, 0.1) is 19.7 Å². The van der Waals surface area contributed by atoms with Gasteiger partial charge in [-0.2, -0.15) is 0 Å². The molecule has 33 heavy (non-hydrogen) atoms. The lowest BCUT2D eigenvalue weighted by Gasteiger charge is -2.25. The molecule has 166 valence electrons. The van der Waals surface area contributed by atoms with Crippen molar-refractivity contribution < 1.29 is 13.6 Å². The molecule has 3 aromatic carbocycles. The second kappa shape index (κ2) is 8.00. The molecule has 4 aromatic rings. The van der Waals surface area contributed by atoms with Crippen LogP contribution in [0.4, 0.5) is 4.39 Å². The number of fused-ring (bicyclic) bond motifs is 2. The number of rotatable bonds is 4. The Labute approximate surface area is 191 Å². The van der Waals surface area contributed by atoms with E-state index in [0.29, 0.717) is 16.5 Å². The molecule has 5 heteroatoms. The Bertz CT molecular complexity index is 1440. The van der Waals surface area contributed by atoms with E-state index in [9.17, 15) is 14.0 Å². The number of amides is 1. The number of carbonyl (C=O) groups is 1. The minimum atomic E-state index is -0.578. The predicted octanol–water partition coefficient (Wildman–Crippen LogP) is 5.86. The van der Waals surface area contributed by atoms with Crippen LogP contribution < -0.4 is 5.43 Å². The zero-order valence-electron chi connectivity index (χ0n) is 18.8. The fourth-order valence-electron chi connectivity index (χ4n) is 4.51. The highest BCUT2D eigenvalue weighted by atomic mass is 19.1. The van der Waals surface area contributed by atoms with Crippen molar-refractivity contribution in [2.75, 3.05) is 0 Å². The van der Waals surface area contributed by atoms with E-state index in [-0.39, 0.29) is 29.5 Å². The number of nitrogens with zero attached hydrogens (tertiary/aromatic N) is 1. The molecule has 1 atom stereocenters. The molecule has 0 aliphatic carbocycles. The lowest BCUT2D eigenvalue weighted by molar-refractivity contribution is 0.0714. The topological polar surface area (TPSA) is 50.5 Å². The quantitative estimate of drug-likeness (QED) is 0.399. The SMILES string of the molecule is CCc1ccc(C2c3c(oc4cc(C)c(C)cc4c3=O)C(=O)N2Cc2ccc(F)cc2)cc1. The molecule has 0 bridgehead atoms. The third kappa shape index (κ3) is 3.54. The fraction of sp³-hybridized carbons (Fsp3) is 0.214. The molecule has 4 nitrogen and oxygen atoms in total. The van der Waals surface area contributed by atoms with Crippen LogP contribution in [0.15, 0.2) is 69.9 Å². The Morgan fingerprint density at radius 3 is 2.21 bits per heavy atom. The largest absolute Gasteiger partial charge is 0.450 e. The maximum absolute atomic E-state index is 13.7. The van der Waals surface area contributed by atoms with Gasteiger partial charge in [-0.15, -0.1) is 0 Å². The van der Waals surface area contributed by atoms with Gasteiger partial charge in [-0.1, -0.05) is 43.3 Å². The van der Waals surface area contributed by atoms with Crippen molar-refractivity contribution in [1.29, 1.82) is 0 Å². The Morgan fingerprint density at radius 1 is 0.909 bits per heavy atom. The average Bonchev–Trinajstić information content (AvgIpc) is 3.08. The summed E-state index contributed by atoms with van der Waals surface area (Å²) in [6.07, 6.45) is 0.894. The molecule has 2 heterocycles. The first-order valence-corrected chi connectivity index (χ1v) is 11.1. The maximum atomic E-state index is 13.7. The van der Waals surface area contributed by atoms with Crippen molar-refractivity contribution in [2.24, 2.45) is 0 Å². The summed E-state index contributed by atoms with van der Waals surface area (Å²) in [4.78, 5) is 28.9. The van der Waals surface area contributed by atoms with Gasteiger partial charge in [-0.05, 0) is 72.4 Å². The van der Waals surface area contributed by atoms with Crippen LogP contribution >= 0.6 is 0 Å². The lowest BCUT2D eigenvalue weighted by atomic mass is 9.96. The monoisotopic (exact) mass is 441 g/mol. The molecule has 1 aliphatic rings. The van der Waals surface area contributed by atoms with Gasteiger partial charge in [-0.3, -0.25) is 9.59 Å². The van der Waals surface area contributed by atoms with E-state index in [2.05, 4.69) is 6.92 Å². The van der Waals surface area contributed by atoms with E-state index in [0.717, 1.165) is 28.7 Å². The average molecular weight is 442 g/mol. The molecule has 5 rings (SSSR count). The third-order valence-electron chi connectivity index (χ3n) is 6.55. The molecule has 0 fully saturated rings. The fourth-order valence-corrected chi connectivity index (χ4v) is 4.51. The molecule has 0 N–H and O–H groups in total. The van der Waals surface area contributed by atoms with Crippen molar-refractivity contribution in [3.05, 3.63) is 116 Å². The van der Waals surface area contributed by atoms with E-state index in [1.54, 1.807) is 17.0 Å². The van der Waals surface area contributed by atoms with Crippen molar-refractivity contribution in [3.63, 3.8) is 0 Å². The summed E-state index contributed by atoms with van der Waals surface area (Å²) in [5.41, 5.74) is 5.37. The minimum Gasteiger partial charge on any atom is -0.450 e. The Morgan fingerprint density at radius 2 is 1.55 bits per heavy atom. The molecular formula is C28H24FNO3. The van der Waals surface area contributed by atoms with Crippen molar-refractivity contribution >= 4 is 16.9 Å². The van der Waals surface area contributed by atoms with Crippen molar-refractivity contribution in [1.82, 2.24) is 4.90 Å². The van der Waals surface area contributed by atoms with E-state index in [1.807, 2.05) is 50.2 Å². The Kier molecular flexibility index (Phi) is 5.12. The van der Waals surface area contributed by atoms with Crippen LogP contribution in [0.2, 0.25) is 0 Å². The smallest absolute Gasteiger partial charge is 0.291 e. The van der Waals surface area contributed by atoms with Crippen LogP contribution in [0.1, 0.15) is 56.9 Å². The number of aryl methyl sites for hydroxylation is 3. The molecule has 0 saturated heterocycles. The summed E-state index contributed by atoms with van der Waals surface area (Å²) in [7, 11) is 0. The molecule has 1 aliphatic heterocycles. The first-order chi connectivity index (χ1) is 15.9. The van der Waals surface area contributed by atoms with Crippen LogP contribution in [0.3, 0.4) is 0 Å². The van der Waals surface area contributed by atoms with Crippen LogP contribution in [-0.4, -0.2) is 10.8 Å². The van der Waals surface area contributed by atoms with Gasteiger partial charge in [0.2, 0.25) is 5.76 Å². The van der Waals surface area contributed by atoms with Gasteiger partial charge in [-0.25, -0.2) is 4.39 Å². The highest BCUT2D eigenvalue weighted by Crippen LogP contribution is 2.39. The number of hydrogen-bond donors (Lipinski definition) is 0. The zero-order valence-corrected chi connectivity index (χ0v) is 18.8. The summed E-state index contributed by atoms with van der Waals surface area (Å²) in [5.74, 6) is -0.589. The molecule has 1 unspecified atom stereocenters. The third-order valence-corrected chi connectivity index (χ3v) is 6.55. The number of halogens is 1. The van der Waals surface area contributed by atoms with Crippen molar-refractivity contribution in [3.8, 4) is 0 Å². The van der Waals surface area contributed by atoms with Crippen molar-refractivity contribution in [2.45, 2.75) is 39.8 Å². The summed E-state index contributed by atoms with van der Waals surface area (Å²) in [5, 5.41) is 0.475. The predicted molar refractivity (Wildman–Crippen MR) is 126 cm³/mol. The molecule has 0 radical (unpaired) electrons. The number of benzene rings is 3. The first kappa shape index (κ1) is 21.1. The Balaban J connectivity index is 1.71. The second-order valence-corrected chi connectivity index (χ2v) is 8.66. The van der Waals surface area contributed by atoms with Gasteiger partial charge in [0, 0.05) is 6.54 Å². The zero-order chi connectivity index (χ0) is 23.3. The molecule has 1 aromatic heterocycles. The molecule has 0 spiro atoms. The van der Waals surface area contributed by atoms with E-state index < -0.39 is 6.04 Å². The highest BCUT2D eigenvalue weighted by Gasteiger charge is 2.42. The number of carbonyl (C=O) groups excluding carboxylic acids is 1. The van der Waals surface area contributed by atoms with Gasteiger partial charge in [0.25, 0.3) is 5.91 Å². The van der Waals surface area contributed by atoms with Gasteiger partial charge >= 0.3 is 0 Å². The van der Waals surface area contributed by atoms with Gasteiger partial charge < -0.3 is 9.32 Å². The minimum absolute atomic E-state index is 0.0856. The van der Waals surface area contributed by atoms with Crippen LogP contribution in [0.25, 0.3) is 11.0 Å². The lowest BCUT2D eigenvalue weighted by Crippen LogP contribution is -2.29. The standard InChI is InChI=1S/C28H24FNO3/c1-4-18-5-9-20(10-6-18)25-24-26(31)22-13-16(2)17(3)14-23(22)33-27(24)28(32)30(25)15-19-7-11-21(29)12-8-19/h5-14,25H,4,15H2,1-3H3. The molecular weight excluding hydrogens is 417 g/mol. The Hall–Kier alpha value is -3.73. The summed E-state index contributed by atoms with van der Waals surface area (Å²) >= 11 is 0. The second-order valence-electron chi connectivity index (χ2n) is 8.66. The highest BCUT2D eigenvalue weighted by molar-refractivity contribution is 5.99. The maximum Gasteiger partial charge on any atom is 0.291 e. The van der Waals surface area contributed by atoms with E-state index >= 15 is 0 Å². The van der Waals surface area contributed by atoms with E-state index in [4.69, 9.17) is 4.42 Å². The first-order valence-electron chi connectivity index (χ1n) is 11.1. The summed E-state index contributed by atoms with van der Waals surface area (Å²) in [6, 6.07) is 17.1. The molecule has 1 amide bonds. The van der Waals surface area contributed by atoms with Crippen LogP contribution in [0.5, 0.6) is 0 Å². The summed E-state index contributed by atoms with van der Waals surface area (Å²) < 4.78 is 19.5. The number of hydrogen-bond acceptors (Lipinski definition) is 3. The molecule has 0 saturated carbocycles. The normalized spacial score (nSPS) is 15.3. The van der Waals surface area contributed by atoms with E-state index in [1.165, 1.54) is 17.7 Å².